The van der Waals surface area contributed by atoms with Gasteiger partial charge in [-0.25, -0.2) is 14.2 Å². The number of hydrogen-bond donors (Lipinski definition) is 3. The molecular formula is C49H74N3O10P. The molecule has 1 heterocycles. The first-order valence-corrected chi connectivity index (χ1v) is 24.0. The number of carbonyl (C=O) groups is 2. The number of rotatable bonds is 21. The van der Waals surface area contributed by atoms with E-state index in [1.165, 1.54) is 11.0 Å². The molecule has 1 aliphatic heterocycles. The van der Waals surface area contributed by atoms with Gasteiger partial charge in [-0.1, -0.05) is 86.7 Å². The van der Waals surface area contributed by atoms with Crippen LogP contribution in [0.3, 0.4) is 0 Å². The molecule has 14 heteroatoms. The number of unbranched alkanes of at least 4 members (excludes halogenated alkanes) is 6. The minimum absolute atomic E-state index is 0.0153. The number of benzene rings is 3. The summed E-state index contributed by atoms with van der Waals surface area (Å²) in [6, 6.07) is 22.4. The van der Waals surface area contributed by atoms with E-state index in [2.05, 4.69) is 10.2 Å². The van der Waals surface area contributed by atoms with Crippen molar-refractivity contribution in [2.24, 2.45) is 0 Å². The van der Waals surface area contributed by atoms with Crippen LogP contribution in [0.2, 0.25) is 0 Å². The number of aliphatic hydroxyl groups is 2. The molecule has 0 radical (unpaired) electrons. The fourth-order valence-electron chi connectivity index (χ4n) is 7.29. The number of piperidine rings is 1. The minimum Gasteiger partial charge on any atom is -0.446 e. The molecule has 0 bridgehead atoms. The van der Waals surface area contributed by atoms with Crippen molar-refractivity contribution in [1.82, 2.24) is 9.80 Å². The molecule has 350 valence electrons. The highest BCUT2D eigenvalue weighted by molar-refractivity contribution is 7.49. The Labute approximate surface area is 376 Å². The van der Waals surface area contributed by atoms with E-state index in [9.17, 15) is 24.4 Å². The number of aliphatic hydroxyl groups excluding tert-OH is 2. The van der Waals surface area contributed by atoms with Crippen molar-refractivity contribution in [3.63, 3.8) is 0 Å². The summed E-state index contributed by atoms with van der Waals surface area (Å²) >= 11 is 0. The van der Waals surface area contributed by atoms with Gasteiger partial charge in [0.05, 0.1) is 36.1 Å². The Kier molecular flexibility index (Phi) is 19.5. The normalized spacial score (nSPS) is 14.8. The Morgan fingerprint density at radius 3 is 1.98 bits per heavy atom. The van der Waals surface area contributed by atoms with Gasteiger partial charge in [-0.15, -0.1) is 0 Å². The van der Waals surface area contributed by atoms with Crippen LogP contribution < -0.4 is 9.84 Å². The van der Waals surface area contributed by atoms with Crippen molar-refractivity contribution < 1.29 is 47.4 Å². The van der Waals surface area contributed by atoms with Crippen LogP contribution in [-0.4, -0.2) is 87.8 Å². The third kappa shape index (κ3) is 19.0. The van der Waals surface area contributed by atoms with Crippen LogP contribution in [0, 0.1) is 0 Å². The third-order valence-electron chi connectivity index (χ3n) is 10.1. The van der Waals surface area contributed by atoms with Crippen molar-refractivity contribution in [2.45, 2.75) is 156 Å². The van der Waals surface area contributed by atoms with Gasteiger partial charge in [0.2, 0.25) is 0 Å². The average Bonchev–Trinajstić information content (AvgIpc) is 3.18. The number of ether oxygens (including phenoxy) is 2. The number of hydrogen-bond acceptors (Lipinski definition) is 11. The smallest absolute Gasteiger partial charge is 0.446 e. The lowest BCUT2D eigenvalue weighted by molar-refractivity contribution is 0.0137. The highest BCUT2D eigenvalue weighted by atomic mass is 31.2. The maximum atomic E-state index is 13.7. The molecule has 1 saturated heterocycles. The van der Waals surface area contributed by atoms with E-state index < -0.39 is 49.5 Å². The first-order chi connectivity index (χ1) is 29.6. The summed E-state index contributed by atoms with van der Waals surface area (Å²) in [5, 5.41) is 24.5. The summed E-state index contributed by atoms with van der Waals surface area (Å²) in [6.45, 7) is 18.7. The molecule has 0 aliphatic carbocycles. The van der Waals surface area contributed by atoms with E-state index >= 15 is 0 Å². The van der Waals surface area contributed by atoms with Crippen molar-refractivity contribution >= 4 is 25.7 Å². The van der Waals surface area contributed by atoms with E-state index in [4.69, 9.17) is 23.0 Å². The molecule has 3 aromatic carbocycles. The Morgan fingerprint density at radius 2 is 1.38 bits per heavy atom. The molecule has 3 N–H and O–H groups in total. The molecule has 0 saturated carbocycles. The summed E-state index contributed by atoms with van der Waals surface area (Å²) in [5.74, 6) is 0.102. The Morgan fingerprint density at radius 1 is 0.794 bits per heavy atom. The Hall–Kier alpha value is -3.97. The first-order valence-electron chi connectivity index (χ1n) is 22.6. The second-order valence-electron chi connectivity index (χ2n) is 19.4. The van der Waals surface area contributed by atoms with Gasteiger partial charge in [0, 0.05) is 30.8 Å². The lowest BCUT2D eigenvalue weighted by atomic mass is 10.0. The number of nitrogens with one attached hydrogen (secondary N) is 1. The van der Waals surface area contributed by atoms with E-state index in [0.717, 1.165) is 94.2 Å². The monoisotopic (exact) mass is 896 g/mol. The fourth-order valence-corrected chi connectivity index (χ4v) is 9.16. The molecule has 0 spiro atoms. The van der Waals surface area contributed by atoms with Gasteiger partial charge in [-0.2, -0.15) is 0 Å². The van der Waals surface area contributed by atoms with Gasteiger partial charge >= 0.3 is 20.0 Å². The Balaban J connectivity index is 1.17. The van der Waals surface area contributed by atoms with E-state index in [1.807, 2.05) is 75.4 Å². The largest absolute Gasteiger partial charge is 0.531 e. The molecular weight excluding hydrogens is 822 g/mol. The number of likely N-dealkylation sites (tertiary alicyclic amines) is 1. The molecule has 0 unspecified atom stereocenters. The van der Waals surface area contributed by atoms with Crippen molar-refractivity contribution in [3.8, 4) is 16.9 Å². The summed E-state index contributed by atoms with van der Waals surface area (Å²) < 4.78 is 42.6. The molecule has 1 atom stereocenters. The quantitative estimate of drug-likeness (QED) is 0.0691. The lowest BCUT2D eigenvalue weighted by Crippen LogP contribution is -2.39. The number of phosphoric acid groups is 1. The van der Waals surface area contributed by atoms with Gasteiger partial charge in [0.15, 0.2) is 0 Å². The number of para-hydroxylation sites is 1. The zero-order valence-electron chi connectivity index (χ0n) is 39.2. The van der Waals surface area contributed by atoms with E-state index in [1.54, 1.807) is 53.7 Å². The van der Waals surface area contributed by atoms with Crippen LogP contribution in [0.4, 0.5) is 15.3 Å². The van der Waals surface area contributed by atoms with Crippen molar-refractivity contribution in [1.29, 1.82) is 0 Å². The fraction of sp³-hybridized carbons (Fsp3) is 0.592. The zero-order valence-corrected chi connectivity index (χ0v) is 40.1. The highest BCUT2D eigenvalue weighted by Gasteiger charge is 2.39. The van der Waals surface area contributed by atoms with Crippen LogP contribution in [0.25, 0.3) is 11.1 Å². The maximum Gasteiger partial charge on any atom is 0.531 e. The van der Waals surface area contributed by atoms with Gasteiger partial charge in [0.25, 0.3) is 0 Å². The second kappa shape index (κ2) is 23.8. The SMILES string of the molecule is CC(C)(C)OC(=O)N(CCCCCCCCCN1CCC(OC(=O)Nc2ccccc2-c2ccccc2)CC1)C[C@H](O)c1ccc(OP(=O)(OC(C)(C)C)OC(C)(C)C)c(CO)c1. The Bertz CT molecular complexity index is 1900. The van der Waals surface area contributed by atoms with Crippen molar-refractivity contribution in [2.75, 3.05) is 38.0 Å². The average molecular weight is 896 g/mol. The van der Waals surface area contributed by atoms with E-state index in [-0.39, 0.29) is 24.0 Å². The van der Waals surface area contributed by atoms with Gasteiger partial charge in [-0.3, -0.25) is 14.4 Å². The number of amides is 2. The molecule has 1 fully saturated rings. The summed E-state index contributed by atoms with van der Waals surface area (Å²) in [7, 11) is -4.13. The summed E-state index contributed by atoms with van der Waals surface area (Å²) in [6.07, 6.45) is 6.74. The minimum atomic E-state index is -4.13. The van der Waals surface area contributed by atoms with Crippen LogP contribution in [0.1, 0.15) is 137 Å². The van der Waals surface area contributed by atoms with Crippen LogP contribution in [0.5, 0.6) is 5.75 Å². The maximum absolute atomic E-state index is 13.7. The zero-order chi connectivity index (χ0) is 46.3. The van der Waals surface area contributed by atoms with Crippen LogP contribution in [0.15, 0.2) is 72.8 Å². The predicted molar refractivity (Wildman–Crippen MR) is 249 cm³/mol. The molecule has 1 aliphatic rings. The van der Waals surface area contributed by atoms with Crippen LogP contribution >= 0.6 is 7.82 Å². The second-order valence-corrected chi connectivity index (χ2v) is 20.8. The highest BCUT2D eigenvalue weighted by Crippen LogP contribution is 2.55. The van der Waals surface area contributed by atoms with E-state index in [0.29, 0.717) is 12.1 Å². The molecule has 13 nitrogen and oxygen atoms in total. The third-order valence-corrected chi connectivity index (χ3v) is 12.1. The molecule has 4 rings (SSSR count). The standard InChI is InChI=1S/C49H74N3O10P/c1-47(2,3)59-46(56)52(35-43(54)38-26-27-44(39(34-38)36-53)60-63(57,61-48(4,5)6)62-49(7,8)9)31-21-14-12-10-11-13-20-30-51-32-28-40(29-33-51)58-45(55)50-42-25-19-18-24-41(42)37-22-16-15-17-23-37/h15-19,22-27,34,40,43,53-54H,10-14,20-21,28-33,35-36H2,1-9H3,(H,50,55)/t43-/m0/s1. The molecule has 0 aromatic heterocycles. The van der Waals surface area contributed by atoms with Gasteiger partial charge in [-0.05, 0) is 124 Å². The molecule has 63 heavy (non-hydrogen) atoms. The summed E-state index contributed by atoms with van der Waals surface area (Å²) in [4.78, 5) is 30.1. The van der Waals surface area contributed by atoms with Crippen LogP contribution in [-0.2, 0) is 29.7 Å². The number of carbonyl (C=O) groups excluding carboxylic acids is 2. The van der Waals surface area contributed by atoms with Gasteiger partial charge < -0.3 is 34.0 Å². The number of phosphoric ester groups is 1. The molecule has 3 aromatic rings. The van der Waals surface area contributed by atoms with Gasteiger partial charge in [0.1, 0.15) is 17.5 Å². The summed E-state index contributed by atoms with van der Waals surface area (Å²) in [5.41, 5.74) is 1.06. The number of nitrogens with zero attached hydrogens (tertiary/aromatic N) is 2. The predicted octanol–water partition coefficient (Wildman–Crippen LogP) is 11.7. The topological polar surface area (TPSA) is 156 Å². The first kappa shape index (κ1) is 51.7. The van der Waals surface area contributed by atoms with Crippen molar-refractivity contribution in [3.05, 3.63) is 83.9 Å². The molecule has 2 amide bonds. The lowest BCUT2D eigenvalue weighted by Gasteiger charge is -2.31. The number of anilines is 1.